The molecule has 0 saturated carbocycles. The minimum absolute atomic E-state index is 0.108. The molecular weight excluding hydrogens is 316 g/mol. The van der Waals surface area contributed by atoms with Gasteiger partial charge >= 0.3 is 0 Å². The molecule has 0 amide bonds. The fourth-order valence-corrected chi connectivity index (χ4v) is 2.42. The lowest BCUT2D eigenvalue weighted by Crippen LogP contribution is -2.22. The highest BCUT2D eigenvalue weighted by Gasteiger charge is 2.29. The molecule has 3 aromatic rings. The summed E-state index contributed by atoms with van der Waals surface area (Å²) in [6.45, 7) is 1.61. The lowest BCUT2D eigenvalue weighted by molar-refractivity contribution is 0.100. The van der Waals surface area contributed by atoms with E-state index in [-0.39, 0.29) is 11.5 Å². The van der Waals surface area contributed by atoms with Gasteiger partial charge in [0.25, 0.3) is 0 Å². The third kappa shape index (κ3) is 3.02. The molecule has 0 bridgehead atoms. The summed E-state index contributed by atoms with van der Waals surface area (Å²) in [5.74, 6) is -0.240. The van der Waals surface area contributed by atoms with E-state index in [4.69, 9.17) is 16.0 Å². The van der Waals surface area contributed by atoms with Crippen molar-refractivity contribution in [2.24, 2.45) is 0 Å². The van der Waals surface area contributed by atoms with Crippen molar-refractivity contribution in [2.75, 3.05) is 0 Å². The van der Waals surface area contributed by atoms with Gasteiger partial charge in [0.15, 0.2) is 5.76 Å². The minimum Gasteiger partial charge on any atom is -0.460 e. The Bertz CT molecular complexity index is 844. The fourth-order valence-electron chi connectivity index (χ4n) is 2.23. The molecule has 3 rings (SSSR count). The van der Waals surface area contributed by atoms with Crippen LogP contribution in [0.1, 0.15) is 34.2 Å². The third-order valence-electron chi connectivity index (χ3n) is 3.59. The highest BCUT2D eigenvalue weighted by molar-refractivity contribution is 6.30. The molecule has 1 N–H and O–H groups in total. The van der Waals surface area contributed by atoms with Crippen LogP contribution in [-0.2, 0) is 5.60 Å². The van der Waals surface area contributed by atoms with E-state index in [0.717, 1.165) is 0 Å². The van der Waals surface area contributed by atoms with E-state index in [1.807, 2.05) is 0 Å². The monoisotopic (exact) mass is 328 g/mol. The standard InChI is InChI=1S/C17H13ClN2O3/c1-17(22,12-3-2-4-14(18)5-12)13-6-15(23-9-13)16(21)11-7-19-10-20-8-11/h2-10,22H,1H3/t17-/m1/s1. The second kappa shape index (κ2) is 5.95. The minimum atomic E-state index is -1.33. The number of nitrogens with zero attached hydrogens (tertiary/aromatic N) is 2. The molecule has 0 aliphatic carbocycles. The van der Waals surface area contributed by atoms with E-state index in [9.17, 15) is 9.90 Å². The van der Waals surface area contributed by atoms with Crippen LogP contribution in [0.25, 0.3) is 0 Å². The zero-order valence-electron chi connectivity index (χ0n) is 12.2. The van der Waals surface area contributed by atoms with Crippen molar-refractivity contribution < 1.29 is 14.3 Å². The molecule has 2 heterocycles. The van der Waals surface area contributed by atoms with Crippen molar-refractivity contribution in [3.8, 4) is 0 Å². The Kier molecular flexibility index (Phi) is 3.98. The molecule has 1 atom stereocenters. The number of rotatable bonds is 4. The van der Waals surface area contributed by atoms with Crippen LogP contribution in [0, 0.1) is 0 Å². The normalized spacial score (nSPS) is 13.5. The van der Waals surface area contributed by atoms with Crippen molar-refractivity contribution in [3.63, 3.8) is 0 Å². The summed E-state index contributed by atoms with van der Waals surface area (Å²) in [5, 5.41) is 11.3. The molecular formula is C17H13ClN2O3. The van der Waals surface area contributed by atoms with Gasteiger partial charge in [-0.05, 0) is 30.7 Å². The van der Waals surface area contributed by atoms with Crippen LogP contribution >= 0.6 is 11.6 Å². The molecule has 0 unspecified atom stereocenters. The van der Waals surface area contributed by atoms with E-state index in [0.29, 0.717) is 21.7 Å². The van der Waals surface area contributed by atoms with E-state index in [2.05, 4.69) is 9.97 Å². The molecule has 0 aliphatic rings. The predicted molar refractivity (Wildman–Crippen MR) is 84.3 cm³/mol. The molecule has 116 valence electrons. The van der Waals surface area contributed by atoms with Gasteiger partial charge in [-0.2, -0.15) is 0 Å². The van der Waals surface area contributed by atoms with Crippen LogP contribution in [0.5, 0.6) is 0 Å². The van der Waals surface area contributed by atoms with E-state index >= 15 is 0 Å². The Labute approximate surface area is 137 Å². The summed E-state index contributed by atoms with van der Waals surface area (Å²) in [4.78, 5) is 19.9. The number of furan rings is 1. The smallest absolute Gasteiger partial charge is 0.231 e. The number of ketones is 1. The quantitative estimate of drug-likeness (QED) is 0.744. The first-order valence-electron chi connectivity index (χ1n) is 6.85. The average Bonchev–Trinajstić information content (AvgIpc) is 3.06. The molecule has 1 aromatic carbocycles. The van der Waals surface area contributed by atoms with Gasteiger partial charge in [-0.1, -0.05) is 23.7 Å². The Morgan fingerprint density at radius 3 is 2.65 bits per heavy atom. The predicted octanol–water partition coefficient (Wildman–Crippen LogP) is 3.21. The summed E-state index contributed by atoms with van der Waals surface area (Å²) in [6, 6.07) is 8.41. The Morgan fingerprint density at radius 1 is 1.22 bits per heavy atom. The van der Waals surface area contributed by atoms with Gasteiger partial charge in [-0.25, -0.2) is 9.97 Å². The van der Waals surface area contributed by atoms with Gasteiger partial charge < -0.3 is 9.52 Å². The topological polar surface area (TPSA) is 76.2 Å². The Hall–Kier alpha value is -2.50. The fraction of sp³-hybridized carbons (Fsp3) is 0.118. The molecule has 0 fully saturated rings. The van der Waals surface area contributed by atoms with Gasteiger partial charge in [0, 0.05) is 23.0 Å². The molecule has 0 radical (unpaired) electrons. The summed E-state index contributed by atoms with van der Waals surface area (Å²) >= 11 is 5.97. The number of hydrogen-bond acceptors (Lipinski definition) is 5. The van der Waals surface area contributed by atoms with Crippen molar-refractivity contribution >= 4 is 17.4 Å². The first kappa shape index (κ1) is 15.4. The molecule has 5 nitrogen and oxygen atoms in total. The maximum Gasteiger partial charge on any atom is 0.231 e. The Morgan fingerprint density at radius 2 is 1.96 bits per heavy atom. The molecule has 0 spiro atoms. The first-order valence-corrected chi connectivity index (χ1v) is 7.23. The average molecular weight is 329 g/mol. The summed E-state index contributed by atoms with van der Waals surface area (Å²) in [7, 11) is 0. The van der Waals surface area contributed by atoms with Crippen LogP contribution in [0.2, 0.25) is 5.02 Å². The van der Waals surface area contributed by atoms with Crippen LogP contribution in [-0.4, -0.2) is 20.9 Å². The first-order chi connectivity index (χ1) is 11.0. The number of halogens is 1. The van der Waals surface area contributed by atoms with Gasteiger partial charge in [0.2, 0.25) is 5.78 Å². The van der Waals surface area contributed by atoms with Crippen molar-refractivity contribution in [3.05, 3.63) is 82.8 Å². The van der Waals surface area contributed by atoms with Crippen molar-refractivity contribution in [1.29, 1.82) is 0 Å². The van der Waals surface area contributed by atoms with Crippen molar-refractivity contribution in [1.82, 2.24) is 9.97 Å². The van der Waals surface area contributed by atoms with Gasteiger partial charge in [-0.3, -0.25) is 4.79 Å². The summed E-state index contributed by atoms with van der Waals surface area (Å²) in [6.07, 6.45) is 5.52. The summed E-state index contributed by atoms with van der Waals surface area (Å²) in [5.41, 5.74) is 0.0451. The molecule has 23 heavy (non-hydrogen) atoms. The molecule has 2 aromatic heterocycles. The van der Waals surface area contributed by atoms with Crippen LogP contribution in [0.15, 0.2) is 59.7 Å². The number of aliphatic hydroxyl groups is 1. The number of carbonyl (C=O) groups excluding carboxylic acids is 1. The zero-order valence-corrected chi connectivity index (χ0v) is 13.0. The van der Waals surface area contributed by atoms with Crippen LogP contribution in [0.4, 0.5) is 0 Å². The van der Waals surface area contributed by atoms with Gasteiger partial charge in [0.1, 0.15) is 11.9 Å². The largest absolute Gasteiger partial charge is 0.460 e. The maximum atomic E-state index is 12.3. The van der Waals surface area contributed by atoms with Crippen molar-refractivity contribution in [2.45, 2.75) is 12.5 Å². The second-order valence-corrected chi connectivity index (χ2v) is 5.67. The second-order valence-electron chi connectivity index (χ2n) is 5.24. The SMILES string of the molecule is C[C@@](O)(c1cccc(Cl)c1)c1coc(C(=O)c2cncnc2)c1. The van der Waals surface area contributed by atoms with Crippen LogP contribution in [0.3, 0.4) is 0 Å². The number of hydrogen-bond donors (Lipinski definition) is 1. The number of aromatic nitrogens is 2. The van der Waals surface area contributed by atoms with Gasteiger partial charge in [0.05, 0.1) is 11.8 Å². The third-order valence-corrected chi connectivity index (χ3v) is 3.83. The zero-order chi connectivity index (χ0) is 16.4. The molecule has 0 aliphatic heterocycles. The van der Waals surface area contributed by atoms with E-state index in [1.165, 1.54) is 31.1 Å². The van der Waals surface area contributed by atoms with E-state index in [1.54, 1.807) is 31.2 Å². The highest BCUT2D eigenvalue weighted by atomic mass is 35.5. The highest BCUT2D eigenvalue weighted by Crippen LogP contribution is 2.32. The lowest BCUT2D eigenvalue weighted by Gasteiger charge is -2.22. The van der Waals surface area contributed by atoms with Gasteiger partial charge in [-0.15, -0.1) is 0 Å². The number of benzene rings is 1. The number of carbonyl (C=O) groups is 1. The molecule has 6 heteroatoms. The lowest BCUT2D eigenvalue weighted by atomic mass is 9.90. The van der Waals surface area contributed by atoms with E-state index < -0.39 is 5.60 Å². The van der Waals surface area contributed by atoms with Crippen LogP contribution < -0.4 is 0 Å². The Balaban J connectivity index is 1.94. The molecule has 0 saturated heterocycles. The summed E-state index contributed by atoms with van der Waals surface area (Å²) < 4.78 is 5.32. The maximum absolute atomic E-state index is 12.3.